The summed E-state index contributed by atoms with van der Waals surface area (Å²) in [6.45, 7) is 7.05. The summed E-state index contributed by atoms with van der Waals surface area (Å²) in [5.41, 5.74) is 3.61. The monoisotopic (exact) mass is 494 g/mol. The van der Waals surface area contributed by atoms with Gasteiger partial charge in [-0.15, -0.1) is 0 Å². The summed E-state index contributed by atoms with van der Waals surface area (Å²) < 4.78 is 20.5. The van der Waals surface area contributed by atoms with Crippen LogP contribution in [-0.4, -0.2) is 58.9 Å². The van der Waals surface area contributed by atoms with E-state index >= 15 is 0 Å². The van der Waals surface area contributed by atoms with Crippen LogP contribution >= 0.6 is 0 Å². The number of amides is 3. The maximum atomic E-state index is 14.7. The highest BCUT2D eigenvalue weighted by Crippen LogP contribution is 2.32. The third-order valence-electron chi connectivity index (χ3n) is 7.06. The van der Waals surface area contributed by atoms with Crippen LogP contribution in [-0.2, 0) is 34.0 Å². The van der Waals surface area contributed by atoms with Gasteiger partial charge < -0.3 is 15.0 Å². The second-order valence-electron chi connectivity index (χ2n) is 9.96. The van der Waals surface area contributed by atoms with Crippen molar-refractivity contribution in [3.8, 4) is 0 Å². The van der Waals surface area contributed by atoms with Crippen molar-refractivity contribution >= 4 is 23.4 Å². The Labute approximate surface area is 209 Å². The zero-order valence-electron chi connectivity index (χ0n) is 20.6. The number of ether oxygens (including phenoxy) is 1. The number of nitrogens with one attached hydrogen (secondary N) is 2. The molecule has 0 bridgehead atoms. The largest absolute Gasteiger partial charge is 0.381 e. The van der Waals surface area contributed by atoms with Crippen molar-refractivity contribution in [2.75, 3.05) is 18.4 Å². The van der Waals surface area contributed by atoms with Gasteiger partial charge in [-0.2, -0.15) is 0 Å². The zero-order chi connectivity index (χ0) is 25.4. The van der Waals surface area contributed by atoms with Gasteiger partial charge >= 0.3 is 0 Å². The first kappa shape index (κ1) is 24.4. The molecule has 9 heteroatoms. The summed E-state index contributed by atoms with van der Waals surface area (Å²) in [7, 11) is 0. The van der Waals surface area contributed by atoms with Crippen molar-refractivity contribution in [2.45, 2.75) is 64.6 Å². The molecule has 2 aromatic rings. The smallest absolute Gasteiger partial charge is 0.255 e. The van der Waals surface area contributed by atoms with E-state index in [-0.39, 0.29) is 49.3 Å². The van der Waals surface area contributed by atoms with E-state index in [9.17, 15) is 18.8 Å². The maximum Gasteiger partial charge on any atom is 0.255 e. The Balaban J connectivity index is 1.28. The lowest BCUT2D eigenvalue weighted by Crippen LogP contribution is -2.52. The number of imide groups is 1. The molecule has 3 aliphatic heterocycles. The third kappa shape index (κ3) is 4.99. The van der Waals surface area contributed by atoms with Crippen LogP contribution in [0.5, 0.6) is 0 Å². The lowest BCUT2D eigenvalue weighted by Gasteiger charge is -2.35. The van der Waals surface area contributed by atoms with Crippen LogP contribution in [0, 0.1) is 5.82 Å². The molecule has 0 aliphatic carbocycles. The number of hydrogen-bond donors (Lipinski definition) is 2. The van der Waals surface area contributed by atoms with E-state index in [1.807, 2.05) is 18.2 Å². The predicted octanol–water partition coefficient (Wildman–Crippen LogP) is 2.81. The molecule has 36 heavy (non-hydrogen) atoms. The molecule has 3 amide bonds. The standard InChI is InChI=1S/C27H31FN4O4/c1-16-12-31(13-17(2)36-16)14-18-6-7-22(28)19(10-18)11-29-23-5-3-4-20-21(23)15-32(27(20)35)24-8-9-25(33)30-26(24)34/h3-7,10,16-17,24,29H,8-9,11-15H2,1-2H3,(H,30,33,34)/t16?,17?,24-/m0/s1. The number of hydrogen-bond acceptors (Lipinski definition) is 6. The normalized spacial score (nSPS) is 24.6. The molecule has 2 fully saturated rings. The molecule has 190 valence electrons. The van der Waals surface area contributed by atoms with Crippen LogP contribution in [0.1, 0.15) is 53.7 Å². The molecule has 0 saturated carbocycles. The lowest BCUT2D eigenvalue weighted by molar-refractivity contribution is -0.136. The fourth-order valence-electron chi connectivity index (χ4n) is 5.48. The maximum absolute atomic E-state index is 14.7. The Bertz CT molecular complexity index is 1190. The summed E-state index contributed by atoms with van der Waals surface area (Å²) in [6, 6.07) is 9.91. The molecule has 8 nitrogen and oxygen atoms in total. The number of benzene rings is 2. The highest BCUT2D eigenvalue weighted by Gasteiger charge is 2.39. The molecule has 3 heterocycles. The summed E-state index contributed by atoms with van der Waals surface area (Å²) in [5, 5.41) is 5.62. The number of rotatable bonds is 6. The first-order valence-corrected chi connectivity index (χ1v) is 12.4. The average molecular weight is 495 g/mol. The second kappa shape index (κ2) is 9.99. The molecule has 2 saturated heterocycles. The number of morpholine rings is 1. The van der Waals surface area contributed by atoms with Gasteiger partial charge in [-0.05, 0) is 50.1 Å². The average Bonchev–Trinajstić information content (AvgIpc) is 3.15. The summed E-state index contributed by atoms with van der Waals surface area (Å²) >= 11 is 0. The van der Waals surface area contributed by atoms with Gasteiger partial charge in [0.2, 0.25) is 11.8 Å². The molecule has 2 N–H and O–H groups in total. The number of carbonyl (C=O) groups excluding carboxylic acids is 3. The van der Waals surface area contributed by atoms with Crippen molar-refractivity contribution in [2.24, 2.45) is 0 Å². The van der Waals surface area contributed by atoms with E-state index in [2.05, 4.69) is 29.4 Å². The zero-order valence-corrected chi connectivity index (χ0v) is 20.6. The highest BCUT2D eigenvalue weighted by molar-refractivity contribution is 6.06. The lowest BCUT2D eigenvalue weighted by atomic mass is 10.0. The minimum absolute atomic E-state index is 0.165. The molecular weight excluding hydrogens is 463 g/mol. The quantitative estimate of drug-likeness (QED) is 0.601. The molecule has 2 aromatic carbocycles. The third-order valence-corrected chi connectivity index (χ3v) is 7.06. The van der Waals surface area contributed by atoms with Crippen LogP contribution in [0.2, 0.25) is 0 Å². The topological polar surface area (TPSA) is 91.0 Å². The predicted molar refractivity (Wildman–Crippen MR) is 131 cm³/mol. The Hall–Kier alpha value is -3.30. The minimum Gasteiger partial charge on any atom is -0.381 e. The van der Waals surface area contributed by atoms with Gasteiger partial charge in [0, 0.05) is 61.5 Å². The SMILES string of the molecule is CC1CN(Cc2ccc(F)c(CNc3cccc4c3CN([C@H]3CCC(=O)NC3=O)C4=O)c2)CC(C)O1. The van der Waals surface area contributed by atoms with Gasteiger partial charge in [0.1, 0.15) is 11.9 Å². The van der Waals surface area contributed by atoms with Gasteiger partial charge in [-0.25, -0.2) is 4.39 Å². The molecule has 3 atom stereocenters. The van der Waals surface area contributed by atoms with E-state index in [4.69, 9.17) is 4.74 Å². The Morgan fingerprint density at radius 1 is 1.11 bits per heavy atom. The van der Waals surface area contributed by atoms with Crippen molar-refractivity contribution in [1.29, 1.82) is 0 Å². The molecule has 0 spiro atoms. The molecular formula is C27H31FN4O4. The summed E-state index contributed by atoms with van der Waals surface area (Å²) in [5.74, 6) is -1.27. The van der Waals surface area contributed by atoms with Gasteiger partial charge in [-0.1, -0.05) is 12.1 Å². The van der Waals surface area contributed by atoms with E-state index in [1.54, 1.807) is 12.1 Å². The van der Waals surface area contributed by atoms with E-state index in [1.165, 1.54) is 11.0 Å². The van der Waals surface area contributed by atoms with E-state index in [0.717, 1.165) is 36.4 Å². The Morgan fingerprint density at radius 3 is 2.64 bits per heavy atom. The van der Waals surface area contributed by atoms with Crippen LogP contribution in [0.4, 0.5) is 10.1 Å². The van der Waals surface area contributed by atoms with Gasteiger partial charge in [0.25, 0.3) is 5.91 Å². The molecule has 0 radical (unpaired) electrons. The van der Waals surface area contributed by atoms with Crippen LogP contribution < -0.4 is 10.6 Å². The van der Waals surface area contributed by atoms with Gasteiger partial charge in [-0.3, -0.25) is 24.6 Å². The number of carbonyl (C=O) groups is 3. The second-order valence-corrected chi connectivity index (χ2v) is 9.96. The summed E-state index contributed by atoms with van der Waals surface area (Å²) in [4.78, 5) is 40.7. The van der Waals surface area contributed by atoms with Gasteiger partial charge in [0.05, 0.1) is 12.2 Å². The minimum atomic E-state index is -0.671. The number of fused-ring (bicyclic) bond motifs is 1. The van der Waals surface area contributed by atoms with Crippen LogP contribution in [0.3, 0.4) is 0 Å². The molecule has 2 unspecified atom stereocenters. The fourth-order valence-corrected chi connectivity index (χ4v) is 5.48. The first-order valence-electron chi connectivity index (χ1n) is 12.4. The molecule has 0 aromatic heterocycles. The molecule has 3 aliphatic rings. The van der Waals surface area contributed by atoms with Crippen LogP contribution in [0.25, 0.3) is 0 Å². The Morgan fingerprint density at radius 2 is 1.89 bits per heavy atom. The van der Waals surface area contributed by atoms with E-state index in [0.29, 0.717) is 17.5 Å². The van der Waals surface area contributed by atoms with Crippen molar-refractivity contribution in [3.05, 3.63) is 64.5 Å². The van der Waals surface area contributed by atoms with Crippen molar-refractivity contribution in [3.63, 3.8) is 0 Å². The number of piperidine rings is 1. The van der Waals surface area contributed by atoms with E-state index < -0.39 is 11.9 Å². The molecule has 5 rings (SSSR count). The number of anilines is 1. The van der Waals surface area contributed by atoms with Gasteiger partial charge in [0.15, 0.2) is 0 Å². The van der Waals surface area contributed by atoms with Crippen LogP contribution in [0.15, 0.2) is 36.4 Å². The fraction of sp³-hybridized carbons (Fsp3) is 0.444. The number of nitrogens with zero attached hydrogens (tertiary/aromatic N) is 2. The van der Waals surface area contributed by atoms with Crippen molar-refractivity contribution in [1.82, 2.24) is 15.1 Å². The first-order chi connectivity index (χ1) is 17.3. The number of halogens is 1. The Kier molecular flexibility index (Phi) is 6.77. The highest BCUT2D eigenvalue weighted by atomic mass is 19.1. The van der Waals surface area contributed by atoms with Crippen molar-refractivity contribution < 1.29 is 23.5 Å². The summed E-state index contributed by atoms with van der Waals surface area (Å²) in [6.07, 6.45) is 0.849.